The van der Waals surface area contributed by atoms with Gasteiger partial charge >= 0.3 is 0 Å². The van der Waals surface area contributed by atoms with Crippen molar-refractivity contribution < 1.29 is 4.79 Å². The van der Waals surface area contributed by atoms with Crippen LogP contribution in [0.3, 0.4) is 0 Å². The zero-order valence-corrected chi connectivity index (χ0v) is 19.2. The van der Waals surface area contributed by atoms with E-state index < -0.39 is 0 Å². The molecule has 4 nitrogen and oxygen atoms in total. The van der Waals surface area contributed by atoms with Gasteiger partial charge in [-0.15, -0.1) is 0 Å². The number of aromatic nitrogens is 2. The normalized spacial score (nSPS) is 10.8. The van der Waals surface area contributed by atoms with Crippen LogP contribution in [0.4, 0.5) is 5.69 Å². The predicted octanol–water partition coefficient (Wildman–Crippen LogP) is 7.08. The number of aryl methyl sites for hydroxylation is 2. The Kier molecular flexibility index (Phi) is 5.79. The number of nitrogens with one attached hydrogen (secondary N) is 1. The van der Waals surface area contributed by atoms with Crippen LogP contribution >= 0.6 is 0 Å². The smallest absolute Gasteiger partial charge is 0.276 e. The van der Waals surface area contributed by atoms with E-state index in [2.05, 4.69) is 41.7 Å². The van der Waals surface area contributed by atoms with Crippen molar-refractivity contribution in [2.24, 2.45) is 0 Å². The Morgan fingerprint density at radius 1 is 0.706 bits per heavy atom. The van der Waals surface area contributed by atoms with E-state index in [1.165, 1.54) is 5.56 Å². The average molecular weight is 444 g/mol. The largest absolute Gasteiger partial charge is 0.320 e. The molecule has 0 fully saturated rings. The molecule has 1 N–H and O–H groups in total. The molecule has 0 aliphatic rings. The lowest BCUT2D eigenvalue weighted by Gasteiger charge is -2.09. The Bertz CT molecular complexity index is 1440. The van der Waals surface area contributed by atoms with E-state index in [9.17, 15) is 4.79 Å². The van der Waals surface area contributed by atoms with E-state index in [0.29, 0.717) is 5.69 Å². The summed E-state index contributed by atoms with van der Waals surface area (Å²) >= 11 is 0. The first kappa shape index (κ1) is 21.4. The lowest BCUT2D eigenvalue weighted by atomic mass is 10.0. The molecule has 34 heavy (non-hydrogen) atoms. The molecule has 0 aliphatic carbocycles. The van der Waals surface area contributed by atoms with Crippen molar-refractivity contribution in [3.8, 4) is 28.1 Å². The zero-order valence-electron chi connectivity index (χ0n) is 19.2. The van der Waals surface area contributed by atoms with Crippen molar-refractivity contribution in [3.05, 3.63) is 126 Å². The third-order valence-electron chi connectivity index (χ3n) is 5.87. The van der Waals surface area contributed by atoms with Crippen LogP contribution < -0.4 is 5.32 Å². The molecule has 0 spiro atoms. The Hall–Kier alpha value is -4.44. The van der Waals surface area contributed by atoms with Crippen molar-refractivity contribution in [3.63, 3.8) is 0 Å². The van der Waals surface area contributed by atoms with Gasteiger partial charge in [-0.05, 0) is 60.4 Å². The summed E-state index contributed by atoms with van der Waals surface area (Å²) in [6.07, 6.45) is 0. The fourth-order valence-corrected chi connectivity index (χ4v) is 3.98. The molecule has 0 aliphatic heterocycles. The summed E-state index contributed by atoms with van der Waals surface area (Å²) < 4.78 is 1.83. The molecule has 166 valence electrons. The van der Waals surface area contributed by atoms with Gasteiger partial charge < -0.3 is 5.32 Å². The van der Waals surface area contributed by atoms with Crippen molar-refractivity contribution in [2.45, 2.75) is 13.8 Å². The number of carbonyl (C=O) groups excluding carboxylic acids is 1. The number of benzene rings is 4. The quantitative estimate of drug-likeness (QED) is 0.316. The lowest BCUT2D eigenvalue weighted by molar-refractivity contribution is 0.102. The van der Waals surface area contributed by atoms with Gasteiger partial charge in [-0.2, -0.15) is 5.10 Å². The SMILES string of the molecule is Cc1ccc(C)c(NC(=O)c2cc(-c3ccc(-c4ccccc4)cc3)n(-c3ccccc3)n2)c1. The van der Waals surface area contributed by atoms with Gasteiger partial charge in [-0.1, -0.05) is 84.9 Å². The molecule has 4 heteroatoms. The highest BCUT2D eigenvalue weighted by molar-refractivity contribution is 6.04. The average Bonchev–Trinajstić information content (AvgIpc) is 3.33. The van der Waals surface area contributed by atoms with E-state index in [0.717, 1.165) is 39.3 Å². The number of amides is 1. The van der Waals surface area contributed by atoms with Crippen molar-refractivity contribution in [1.29, 1.82) is 0 Å². The molecule has 0 atom stereocenters. The first-order valence-electron chi connectivity index (χ1n) is 11.3. The first-order valence-corrected chi connectivity index (χ1v) is 11.3. The molecule has 0 unspecified atom stereocenters. The van der Waals surface area contributed by atoms with E-state index >= 15 is 0 Å². The fraction of sp³-hybridized carbons (Fsp3) is 0.0667. The molecule has 1 heterocycles. The van der Waals surface area contributed by atoms with Gasteiger partial charge in [0.1, 0.15) is 0 Å². The lowest BCUT2D eigenvalue weighted by Crippen LogP contribution is -2.14. The van der Waals surface area contributed by atoms with E-state index in [1.54, 1.807) is 0 Å². The Balaban J connectivity index is 1.53. The number of para-hydroxylation sites is 1. The molecule has 4 aromatic carbocycles. The van der Waals surface area contributed by atoms with Crippen LogP contribution in [-0.4, -0.2) is 15.7 Å². The third-order valence-corrected chi connectivity index (χ3v) is 5.87. The second kappa shape index (κ2) is 9.20. The van der Waals surface area contributed by atoms with Crippen molar-refractivity contribution in [1.82, 2.24) is 9.78 Å². The molecule has 5 rings (SSSR count). The van der Waals surface area contributed by atoms with Crippen molar-refractivity contribution >= 4 is 11.6 Å². The molecule has 0 saturated carbocycles. The van der Waals surface area contributed by atoms with Crippen molar-refractivity contribution in [2.75, 3.05) is 5.32 Å². The fourth-order valence-electron chi connectivity index (χ4n) is 3.98. The first-order chi connectivity index (χ1) is 16.6. The summed E-state index contributed by atoms with van der Waals surface area (Å²) in [6.45, 7) is 3.99. The zero-order chi connectivity index (χ0) is 23.5. The van der Waals surface area contributed by atoms with E-state index in [4.69, 9.17) is 5.10 Å². The minimum Gasteiger partial charge on any atom is -0.320 e. The second-order valence-corrected chi connectivity index (χ2v) is 8.38. The highest BCUT2D eigenvalue weighted by atomic mass is 16.2. The maximum Gasteiger partial charge on any atom is 0.276 e. The van der Waals surface area contributed by atoms with Crippen LogP contribution in [0.1, 0.15) is 21.6 Å². The standard InChI is InChI=1S/C30H25N3O/c1-21-13-14-22(2)27(19-21)31-30(34)28-20-29(33(32-28)26-11-7-4-8-12-26)25-17-15-24(16-18-25)23-9-5-3-6-10-23/h3-20H,1-2H3,(H,31,34). The molecule has 0 bridgehead atoms. The van der Waals surface area contributed by atoms with Gasteiger partial charge in [0.05, 0.1) is 11.4 Å². The van der Waals surface area contributed by atoms with Crippen LogP contribution in [0, 0.1) is 13.8 Å². The van der Waals surface area contributed by atoms with Gasteiger partial charge in [-0.25, -0.2) is 4.68 Å². The Morgan fingerprint density at radius 3 is 2.03 bits per heavy atom. The van der Waals surface area contributed by atoms with Crippen LogP contribution in [-0.2, 0) is 0 Å². The molecule has 0 saturated heterocycles. The number of hydrogen-bond donors (Lipinski definition) is 1. The monoisotopic (exact) mass is 443 g/mol. The minimum atomic E-state index is -0.231. The third kappa shape index (κ3) is 4.39. The van der Waals surface area contributed by atoms with Gasteiger partial charge in [0.2, 0.25) is 0 Å². The van der Waals surface area contributed by atoms with E-state index in [-0.39, 0.29) is 5.91 Å². The van der Waals surface area contributed by atoms with Crippen LogP contribution in [0.15, 0.2) is 109 Å². The maximum absolute atomic E-state index is 13.2. The highest BCUT2D eigenvalue weighted by Crippen LogP contribution is 2.28. The number of rotatable bonds is 5. The number of nitrogens with zero attached hydrogens (tertiary/aromatic N) is 2. The Morgan fingerprint density at radius 2 is 1.32 bits per heavy atom. The topological polar surface area (TPSA) is 46.9 Å². The van der Waals surface area contributed by atoms with E-state index in [1.807, 2.05) is 91.3 Å². The Labute approximate surface area is 199 Å². The summed E-state index contributed by atoms with van der Waals surface area (Å²) in [7, 11) is 0. The molecule has 5 aromatic rings. The van der Waals surface area contributed by atoms with Crippen LogP contribution in [0.25, 0.3) is 28.1 Å². The molecular formula is C30H25N3O. The molecular weight excluding hydrogens is 418 g/mol. The van der Waals surface area contributed by atoms with Gasteiger partial charge in [0, 0.05) is 11.3 Å². The number of hydrogen-bond acceptors (Lipinski definition) is 2. The summed E-state index contributed by atoms with van der Waals surface area (Å²) in [6, 6.07) is 36.4. The molecule has 1 aromatic heterocycles. The van der Waals surface area contributed by atoms with Gasteiger partial charge in [0.15, 0.2) is 5.69 Å². The predicted molar refractivity (Wildman–Crippen MR) is 138 cm³/mol. The molecule has 0 radical (unpaired) electrons. The maximum atomic E-state index is 13.2. The summed E-state index contributed by atoms with van der Waals surface area (Å²) in [5.41, 5.74) is 8.32. The summed E-state index contributed by atoms with van der Waals surface area (Å²) in [5.74, 6) is -0.231. The second-order valence-electron chi connectivity index (χ2n) is 8.38. The number of anilines is 1. The van der Waals surface area contributed by atoms with Crippen LogP contribution in [0.2, 0.25) is 0 Å². The minimum absolute atomic E-state index is 0.231. The summed E-state index contributed by atoms with van der Waals surface area (Å²) in [5, 5.41) is 7.72. The van der Waals surface area contributed by atoms with Gasteiger partial charge in [0.25, 0.3) is 5.91 Å². The van der Waals surface area contributed by atoms with Crippen LogP contribution in [0.5, 0.6) is 0 Å². The summed E-state index contributed by atoms with van der Waals surface area (Å²) in [4.78, 5) is 13.2. The number of carbonyl (C=O) groups is 1. The highest BCUT2D eigenvalue weighted by Gasteiger charge is 2.18. The van der Waals surface area contributed by atoms with Gasteiger partial charge in [-0.3, -0.25) is 4.79 Å². The molecule has 1 amide bonds.